The predicted molar refractivity (Wildman–Crippen MR) is 93.2 cm³/mol. The molecular formula is C18H26N2O5. The van der Waals surface area contributed by atoms with Crippen molar-refractivity contribution in [3.05, 3.63) is 29.8 Å². The number of carbonyl (C=O) groups excluding carboxylic acids is 2. The van der Waals surface area contributed by atoms with Crippen molar-refractivity contribution in [2.45, 2.75) is 51.4 Å². The Labute approximate surface area is 147 Å². The minimum absolute atomic E-state index is 0.0912. The molecule has 0 spiro atoms. The fourth-order valence-electron chi connectivity index (χ4n) is 2.56. The van der Waals surface area contributed by atoms with E-state index in [-0.39, 0.29) is 19.0 Å². The van der Waals surface area contributed by atoms with Crippen molar-refractivity contribution < 1.29 is 24.5 Å². The van der Waals surface area contributed by atoms with E-state index in [9.17, 15) is 19.8 Å². The summed E-state index contributed by atoms with van der Waals surface area (Å²) in [5, 5.41) is 21.6. The monoisotopic (exact) mass is 350 g/mol. The second-order valence-corrected chi connectivity index (χ2v) is 7.26. The summed E-state index contributed by atoms with van der Waals surface area (Å²) in [6.07, 6.45) is -1.38. The van der Waals surface area contributed by atoms with E-state index in [2.05, 4.69) is 5.32 Å². The highest BCUT2D eigenvalue weighted by atomic mass is 16.6. The number of rotatable bonds is 4. The molecule has 3 N–H and O–H groups in total. The number of anilines is 1. The Morgan fingerprint density at radius 1 is 1.16 bits per heavy atom. The molecule has 1 aromatic rings. The molecule has 7 nitrogen and oxygen atoms in total. The van der Waals surface area contributed by atoms with E-state index in [0.717, 1.165) is 5.56 Å². The molecule has 1 saturated heterocycles. The second kappa shape index (κ2) is 7.84. The molecule has 1 heterocycles. The third-order valence-electron chi connectivity index (χ3n) is 3.84. The average molecular weight is 350 g/mol. The van der Waals surface area contributed by atoms with Crippen LogP contribution >= 0.6 is 0 Å². The van der Waals surface area contributed by atoms with Crippen molar-refractivity contribution in [2.75, 3.05) is 18.4 Å². The summed E-state index contributed by atoms with van der Waals surface area (Å²) in [4.78, 5) is 25.3. The van der Waals surface area contributed by atoms with Gasteiger partial charge in [-0.15, -0.1) is 0 Å². The van der Waals surface area contributed by atoms with Crippen LogP contribution in [0.25, 0.3) is 0 Å². The molecule has 0 radical (unpaired) electrons. The number of nitrogens with one attached hydrogen (secondary N) is 1. The maximum absolute atomic E-state index is 12.1. The number of aliphatic hydroxyl groups excluding tert-OH is 2. The maximum Gasteiger partial charge on any atom is 0.412 e. The fourth-order valence-corrected chi connectivity index (χ4v) is 2.56. The number of ether oxygens (including phenoxy) is 1. The Balaban J connectivity index is 1.80. The van der Waals surface area contributed by atoms with Gasteiger partial charge in [-0.2, -0.15) is 0 Å². The quantitative estimate of drug-likeness (QED) is 0.765. The molecule has 0 unspecified atom stereocenters. The number of aryl methyl sites for hydroxylation is 1. The molecular weight excluding hydrogens is 324 g/mol. The molecule has 2 amide bonds. The van der Waals surface area contributed by atoms with Crippen LogP contribution in [0.2, 0.25) is 0 Å². The van der Waals surface area contributed by atoms with Gasteiger partial charge in [-0.3, -0.25) is 10.1 Å². The van der Waals surface area contributed by atoms with Crippen LogP contribution < -0.4 is 5.32 Å². The van der Waals surface area contributed by atoms with E-state index >= 15 is 0 Å². The number of β-amino-alcohol motifs (C(OH)–C–C–N with tert-alkyl or cyclic N) is 2. The SMILES string of the molecule is CC(C)(C)OC(=O)Nc1ccc(CCC(=O)N2C[C@@H](O)[C@@H](O)C2)cc1. The van der Waals surface area contributed by atoms with Gasteiger partial charge < -0.3 is 19.8 Å². The first-order valence-electron chi connectivity index (χ1n) is 8.37. The van der Waals surface area contributed by atoms with Gasteiger partial charge in [0.1, 0.15) is 5.60 Å². The van der Waals surface area contributed by atoms with Crippen LogP contribution in [-0.4, -0.2) is 58.0 Å². The Kier molecular flexibility index (Phi) is 6.02. The number of benzene rings is 1. The number of likely N-dealkylation sites (tertiary alicyclic amines) is 1. The Morgan fingerprint density at radius 3 is 2.24 bits per heavy atom. The van der Waals surface area contributed by atoms with Crippen LogP contribution in [0, 0.1) is 0 Å². The van der Waals surface area contributed by atoms with Crippen molar-refractivity contribution in [1.29, 1.82) is 0 Å². The third kappa shape index (κ3) is 6.03. The van der Waals surface area contributed by atoms with Gasteiger partial charge >= 0.3 is 6.09 Å². The highest BCUT2D eigenvalue weighted by molar-refractivity contribution is 5.84. The lowest BCUT2D eigenvalue weighted by Gasteiger charge is -2.19. The minimum Gasteiger partial charge on any atom is -0.444 e. The zero-order chi connectivity index (χ0) is 18.6. The third-order valence-corrected chi connectivity index (χ3v) is 3.84. The lowest BCUT2D eigenvalue weighted by atomic mass is 10.1. The van der Waals surface area contributed by atoms with Crippen molar-refractivity contribution >= 4 is 17.7 Å². The molecule has 2 rings (SSSR count). The molecule has 1 aliphatic heterocycles. The summed E-state index contributed by atoms with van der Waals surface area (Å²) in [5.74, 6) is -0.0912. The molecule has 1 aliphatic rings. The smallest absolute Gasteiger partial charge is 0.412 e. The lowest BCUT2D eigenvalue weighted by Crippen LogP contribution is -2.29. The first kappa shape index (κ1) is 19.2. The lowest BCUT2D eigenvalue weighted by molar-refractivity contribution is -0.130. The molecule has 0 aliphatic carbocycles. The summed E-state index contributed by atoms with van der Waals surface area (Å²) >= 11 is 0. The summed E-state index contributed by atoms with van der Waals surface area (Å²) in [5.41, 5.74) is 1.03. The van der Waals surface area contributed by atoms with Gasteiger partial charge in [0.25, 0.3) is 0 Å². The van der Waals surface area contributed by atoms with E-state index in [1.807, 2.05) is 12.1 Å². The zero-order valence-electron chi connectivity index (χ0n) is 14.9. The molecule has 1 fully saturated rings. The normalized spacial score (nSPS) is 20.4. The van der Waals surface area contributed by atoms with Crippen molar-refractivity contribution in [3.63, 3.8) is 0 Å². The number of aliphatic hydroxyl groups is 2. The molecule has 25 heavy (non-hydrogen) atoms. The van der Waals surface area contributed by atoms with Gasteiger partial charge in [-0.25, -0.2) is 4.79 Å². The molecule has 0 aromatic heterocycles. The van der Waals surface area contributed by atoms with Gasteiger partial charge in [-0.1, -0.05) is 12.1 Å². The van der Waals surface area contributed by atoms with E-state index in [1.165, 1.54) is 4.90 Å². The first-order chi connectivity index (χ1) is 11.6. The summed E-state index contributed by atoms with van der Waals surface area (Å²) in [7, 11) is 0. The fraction of sp³-hybridized carbons (Fsp3) is 0.556. The first-order valence-corrected chi connectivity index (χ1v) is 8.37. The molecule has 138 valence electrons. The summed E-state index contributed by atoms with van der Waals surface area (Å²) < 4.78 is 5.18. The zero-order valence-corrected chi connectivity index (χ0v) is 14.9. The van der Waals surface area contributed by atoms with Gasteiger partial charge in [-0.05, 0) is 44.9 Å². The van der Waals surface area contributed by atoms with E-state index in [4.69, 9.17) is 4.74 Å². The molecule has 1 aromatic carbocycles. The van der Waals surface area contributed by atoms with Gasteiger partial charge in [0.05, 0.1) is 12.2 Å². The second-order valence-electron chi connectivity index (χ2n) is 7.26. The maximum atomic E-state index is 12.1. The summed E-state index contributed by atoms with van der Waals surface area (Å²) in [6.45, 7) is 5.75. The van der Waals surface area contributed by atoms with Crippen LogP contribution in [0.5, 0.6) is 0 Å². The topological polar surface area (TPSA) is 99.1 Å². The Morgan fingerprint density at radius 2 is 1.72 bits per heavy atom. The minimum atomic E-state index is -0.859. The molecule has 0 saturated carbocycles. The van der Waals surface area contributed by atoms with Crippen LogP contribution in [0.4, 0.5) is 10.5 Å². The number of hydrogen-bond donors (Lipinski definition) is 3. The number of amides is 2. The van der Waals surface area contributed by atoms with Crippen LogP contribution in [0.15, 0.2) is 24.3 Å². The standard InChI is InChI=1S/C18H26N2O5/c1-18(2,3)25-17(24)19-13-7-4-12(5-8-13)6-9-16(23)20-10-14(21)15(22)11-20/h4-5,7-8,14-15,21-22H,6,9-11H2,1-3H3,(H,19,24)/t14-,15+. The summed E-state index contributed by atoms with van der Waals surface area (Å²) in [6, 6.07) is 7.20. The number of hydrogen-bond acceptors (Lipinski definition) is 5. The van der Waals surface area contributed by atoms with Crippen molar-refractivity contribution in [2.24, 2.45) is 0 Å². The largest absolute Gasteiger partial charge is 0.444 e. The predicted octanol–water partition coefficient (Wildman–Crippen LogP) is 1.53. The molecule has 2 atom stereocenters. The Hall–Kier alpha value is -2.12. The molecule has 0 bridgehead atoms. The van der Waals surface area contributed by atoms with Gasteiger partial charge in [0.15, 0.2) is 0 Å². The van der Waals surface area contributed by atoms with Crippen LogP contribution in [0.1, 0.15) is 32.8 Å². The highest BCUT2D eigenvalue weighted by Gasteiger charge is 2.32. The van der Waals surface area contributed by atoms with Crippen LogP contribution in [-0.2, 0) is 16.0 Å². The average Bonchev–Trinajstić information content (AvgIpc) is 2.84. The van der Waals surface area contributed by atoms with Gasteiger partial charge in [0.2, 0.25) is 5.91 Å². The van der Waals surface area contributed by atoms with Gasteiger partial charge in [0, 0.05) is 25.2 Å². The van der Waals surface area contributed by atoms with Crippen molar-refractivity contribution in [3.8, 4) is 0 Å². The highest BCUT2D eigenvalue weighted by Crippen LogP contribution is 2.16. The van der Waals surface area contributed by atoms with E-state index < -0.39 is 23.9 Å². The number of nitrogens with zero attached hydrogens (tertiary/aromatic N) is 1. The molecule has 7 heteroatoms. The van der Waals surface area contributed by atoms with Crippen LogP contribution in [0.3, 0.4) is 0 Å². The van der Waals surface area contributed by atoms with Crippen molar-refractivity contribution in [1.82, 2.24) is 4.90 Å². The van der Waals surface area contributed by atoms with E-state index in [0.29, 0.717) is 18.5 Å². The number of carbonyl (C=O) groups is 2. The Bertz CT molecular complexity index is 599. The van der Waals surface area contributed by atoms with E-state index in [1.54, 1.807) is 32.9 Å².